The molecule has 72 valence electrons. The lowest BCUT2D eigenvalue weighted by molar-refractivity contribution is 0.0694. The summed E-state index contributed by atoms with van der Waals surface area (Å²) in [4.78, 5) is 24.5. The van der Waals surface area contributed by atoms with Gasteiger partial charge in [0.15, 0.2) is 0 Å². The molecule has 0 aromatic carbocycles. The van der Waals surface area contributed by atoms with Crippen LogP contribution in [0.25, 0.3) is 11.0 Å². The van der Waals surface area contributed by atoms with Gasteiger partial charge < -0.3 is 10.1 Å². The number of aromatic amines is 2. The lowest BCUT2D eigenvalue weighted by atomic mass is 10.1. The number of aryl methyl sites for hydroxylation is 1. The normalized spacial score (nSPS) is 10.6. The molecule has 2 rings (SSSR count). The van der Waals surface area contributed by atoms with E-state index >= 15 is 0 Å². The first-order chi connectivity index (χ1) is 6.61. The second-order valence-corrected chi connectivity index (χ2v) is 2.92. The number of hydrogen-bond donors (Lipinski definition) is 3. The topological polar surface area (TPSA) is 98.8 Å². The van der Waals surface area contributed by atoms with E-state index in [-0.39, 0.29) is 5.56 Å². The molecule has 2 aromatic heterocycles. The molecule has 0 aliphatic rings. The van der Waals surface area contributed by atoms with E-state index in [1.54, 1.807) is 6.92 Å². The summed E-state index contributed by atoms with van der Waals surface area (Å²) in [6.45, 7) is 1.58. The maximum Gasteiger partial charge on any atom is 0.341 e. The molecule has 6 heteroatoms. The molecule has 3 N–H and O–H groups in total. The molecular weight excluding hydrogens is 186 g/mol. The Hall–Kier alpha value is -2.11. The van der Waals surface area contributed by atoms with E-state index in [2.05, 4.69) is 15.2 Å². The van der Waals surface area contributed by atoms with Crippen molar-refractivity contribution in [1.29, 1.82) is 0 Å². The molecule has 0 aliphatic heterocycles. The van der Waals surface area contributed by atoms with Gasteiger partial charge in [-0.25, -0.2) is 4.79 Å². The van der Waals surface area contributed by atoms with Crippen LogP contribution in [0.1, 0.15) is 15.9 Å². The molecule has 0 amide bonds. The number of carboxylic acids is 1. The first kappa shape index (κ1) is 8.49. The average Bonchev–Trinajstić information content (AvgIpc) is 2.50. The van der Waals surface area contributed by atoms with Crippen molar-refractivity contribution in [2.75, 3.05) is 0 Å². The molecule has 6 nitrogen and oxygen atoms in total. The number of H-pyrrole nitrogens is 2. The summed E-state index contributed by atoms with van der Waals surface area (Å²) < 4.78 is 0. The molecule has 14 heavy (non-hydrogen) atoms. The summed E-state index contributed by atoms with van der Waals surface area (Å²) in [6, 6.07) is 0. The molecule has 0 unspecified atom stereocenters. The standard InChI is InChI=1S/C8H7N3O3/c1-3-4-2-9-11-6(4)10-7(12)5(3)8(13)14/h2H,1H3,(H,13,14)(H2,9,10,11,12). The van der Waals surface area contributed by atoms with Crippen molar-refractivity contribution in [3.8, 4) is 0 Å². The smallest absolute Gasteiger partial charge is 0.341 e. The van der Waals surface area contributed by atoms with E-state index in [1.807, 2.05) is 0 Å². The van der Waals surface area contributed by atoms with Crippen molar-refractivity contribution < 1.29 is 9.90 Å². The molecule has 2 heterocycles. The van der Waals surface area contributed by atoms with Gasteiger partial charge in [-0.3, -0.25) is 9.89 Å². The largest absolute Gasteiger partial charge is 0.477 e. The molecular formula is C8H7N3O3. The molecule has 0 saturated heterocycles. The van der Waals surface area contributed by atoms with E-state index in [9.17, 15) is 9.59 Å². The monoisotopic (exact) mass is 193 g/mol. The van der Waals surface area contributed by atoms with Crippen LogP contribution in [-0.4, -0.2) is 26.3 Å². The number of carbonyl (C=O) groups is 1. The van der Waals surface area contributed by atoms with Gasteiger partial charge >= 0.3 is 5.97 Å². The minimum atomic E-state index is -1.23. The van der Waals surface area contributed by atoms with E-state index < -0.39 is 11.5 Å². The number of rotatable bonds is 1. The van der Waals surface area contributed by atoms with Crippen LogP contribution >= 0.6 is 0 Å². The summed E-state index contributed by atoms with van der Waals surface area (Å²) in [5.41, 5.74) is 0.00755. The van der Waals surface area contributed by atoms with Crippen molar-refractivity contribution >= 4 is 17.0 Å². The SMILES string of the molecule is Cc1c(C(=O)O)c(=O)[nH]c2[nH]ncc12. The van der Waals surface area contributed by atoms with Gasteiger partial charge in [0.1, 0.15) is 11.2 Å². The third-order valence-corrected chi connectivity index (χ3v) is 2.10. The Labute approximate surface area is 77.6 Å². The highest BCUT2D eigenvalue weighted by atomic mass is 16.4. The fourth-order valence-corrected chi connectivity index (χ4v) is 1.40. The number of aromatic carboxylic acids is 1. The molecule has 0 atom stereocenters. The maximum absolute atomic E-state index is 11.3. The van der Waals surface area contributed by atoms with Crippen LogP contribution in [0.15, 0.2) is 11.0 Å². The van der Waals surface area contributed by atoms with Crippen LogP contribution in [0.2, 0.25) is 0 Å². The van der Waals surface area contributed by atoms with Gasteiger partial charge in [0.25, 0.3) is 5.56 Å². The van der Waals surface area contributed by atoms with Crippen molar-refractivity contribution in [2.24, 2.45) is 0 Å². The summed E-state index contributed by atoms with van der Waals surface area (Å²) in [6.07, 6.45) is 1.48. The Morgan fingerprint density at radius 2 is 2.29 bits per heavy atom. The number of carboxylic acid groups (broad SMARTS) is 1. The van der Waals surface area contributed by atoms with Crippen molar-refractivity contribution in [3.63, 3.8) is 0 Å². The third-order valence-electron chi connectivity index (χ3n) is 2.10. The van der Waals surface area contributed by atoms with Gasteiger partial charge in [-0.15, -0.1) is 0 Å². The Morgan fingerprint density at radius 3 is 2.93 bits per heavy atom. The van der Waals surface area contributed by atoms with Crippen molar-refractivity contribution in [2.45, 2.75) is 6.92 Å². The zero-order valence-corrected chi connectivity index (χ0v) is 7.29. The number of pyridine rings is 1. The molecule has 0 bridgehead atoms. The van der Waals surface area contributed by atoms with Crippen LogP contribution in [0.4, 0.5) is 0 Å². The summed E-state index contributed by atoms with van der Waals surface area (Å²) in [7, 11) is 0. The first-order valence-electron chi connectivity index (χ1n) is 3.90. The molecule has 0 saturated carbocycles. The van der Waals surface area contributed by atoms with Gasteiger partial charge in [0.05, 0.1) is 6.20 Å². The van der Waals surface area contributed by atoms with Crippen LogP contribution in [0.3, 0.4) is 0 Å². The fourth-order valence-electron chi connectivity index (χ4n) is 1.40. The zero-order chi connectivity index (χ0) is 10.3. The lowest BCUT2D eigenvalue weighted by Gasteiger charge is -1.99. The minimum absolute atomic E-state index is 0.237. The molecule has 0 spiro atoms. The fraction of sp³-hybridized carbons (Fsp3) is 0.125. The highest BCUT2D eigenvalue weighted by molar-refractivity contribution is 5.94. The van der Waals surface area contributed by atoms with Crippen LogP contribution in [-0.2, 0) is 0 Å². The second-order valence-electron chi connectivity index (χ2n) is 2.92. The van der Waals surface area contributed by atoms with Crippen LogP contribution in [0.5, 0.6) is 0 Å². The van der Waals surface area contributed by atoms with Gasteiger partial charge in [-0.1, -0.05) is 0 Å². The zero-order valence-electron chi connectivity index (χ0n) is 7.29. The van der Waals surface area contributed by atoms with E-state index in [0.29, 0.717) is 16.6 Å². The number of fused-ring (bicyclic) bond motifs is 1. The van der Waals surface area contributed by atoms with Gasteiger partial charge in [0, 0.05) is 5.39 Å². The highest BCUT2D eigenvalue weighted by Crippen LogP contribution is 2.14. The number of hydrogen-bond acceptors (Lipinski definition) is 3. The average molecular weight is 193 g/mol. The van der Waals surface area contributed by atoms with Gasteiger partial charge in [0.2, 0.25) is 0 Å². The number of nitrogens with zero attached hydrogens (tertiary/aromatic N) is 1. The summed E-state index contributed by atoms with van der Waals surface area (Å²) in [5.74, 6) is -1.23. The Bertz CT molecular complexity index is 567. The first-order valence-corrected chi connectivity index (χ1v) is 3.90. The quantitative estimate of drug-likeness (QED) is 0.604. The molecule has 0 fully saturated rings. The second kappa shape index (κ2) is 2.69. The number of aromatic nitrogens is 3. The maximum atomic E-state index is 11.3. The van der Waals surface area contributed by atoms with E-state index in [4.69, 9.17) is 5.11 Å². The van der Waals surface area contributed by atoms with E-state index in [1.165, 1.54) is 6.20 Å². The van der Waals surface area contributed by atoms with Gasteiger partial charge in [-0.2, -0.15) is 5.10 Å². The molecule has 0 radical (unpaired) electrons. The van der Waals surface area contributed by atoms with Crippen LogP contribution < -0.4 is 5.56 Å². The number of nitrogens with one attached hydrogen (secondary N) is 2. The highest BCUT2D eigenvalue weighted by Gasteiger charge is 2.15. The predicted molar refractivity (Wildman–Crippen MR) is 48.4 cm³/mol. The molecule has 0 aliphatic carbocycles. The van der Waals surface area contributed by atoms with Crippen molar-refractivity contribution in [3.05, 3.63) is 27.7 Å². The van der Waals surface area contributed by atoms with E-state index in [0.717, 1.165) is 0 Å². The third kappa shape index (κ3) is 1.00. The summed E-state index contributed by atoms with van der Waals surface area (Å²) in [5, 5.41) is 15.7. The minimum Gasteiger partial charge on any atom is -0.477 e. The Morgan fingerprint density at radius 1 is 1.57 bits per heavy atom. The molecule has 2 aromatic rings. The Balaban J connectivity index is 2.96. The Kier molecular flexibility index (Phi) is 1.63. The summed E-state index contributed by atoms with van der Waals surface area (Å²) >= 11 is 0. The van der Waals surface area contributed by atoms with Crippen molar-refractivity contribution in [1.82, 2.24) is 15.2 Å². The predicted octanol–water partition coefficient (Wildman–Crippen LogP) is 0.258. The van der Waals surface area contributed by atoms with Gasteiger partial charge in [-0.05, 0) is 12.5 Å². The lowest BCUT2D eigenvalue weighted by Crippen LogP contribution is -2.19. The van der Waals surface area contributed by atoms with Crippen LogP contribution in [0, 0.1) is 6.92 Å².